The van der Waals surface area contributed by atoms with Crippen LogP contribution in [0, 0.1) is 19.7 Å². The van der Waals surface area contributed by atoms with Crippen molar-refractivity contribution in [1.29, 1.82) is 0 Å². The maximum atomic E-state index is 13.8. The molecule has 3 aromatic rings. The third-order valence-electron chi connectivity index (χ3n) is 5.09. The van der Waals surface area contributed by atoms with Crippen LogP contribution in [-0.4, -0.2) is 23.8 Å². The highest BCUT2D eigenvalue weighted by Crippen LogP contribution is 2.29. The van der Waals surface area contributed by atoms with Crippen molar-refractivity contribution in [3.8, 4) is 11.4 Å². The Morgan fingerprint density at radius 2 is 1.83 bits per heavy atom. The van der Waals surface area contributed by atoms with Gasteiger partial charge in [0.05, 0.1) is 6.61 Å². The molecule has 1 aliphatic rings. The van der Waals surface area contributed by atoms with Gasteiger partial charge in [-0.2, -0.15) is 0 Å². The topological polar surface area (TPSA) is 52.5 Å². The number of hydrogen-bond donors (Lipinski definition) is 1. The molecule has 1 amide bonds. The maximum absolute atomic E-state index is 13.8. The van der Waals surface area contributed by atoms with Gasteiger partial charge in [-0.15, -0.1) is 0 Å². The number of nitrogens with zero attached hydrogens (tertiary/aromatic N) is 1. The smallest absolute Gasteiger partial charge is 0.251 e. The highest BCUT2D eigenvalue weighted by molar-refractivity contribution is 5.94. The molecule has 5 nitrogen and oxygen atoms in total. The summed E-state index contributed by atoms with van der Waals surface area (Å²) in [7, 11) is 0. The first-order chi connectivity index (χ1) is 14.0. The Morgan fingerprint density at radius 1 is 1.10 bits per heavy atom. The van der Waals surface area contributed by atoms with E-state index in [1.165, 1.54) is 12.1 Å². The predicted molar refractivity (Wildman–Crippen MR) is 108 cm³/mol. The zero-order chi connectivity index (χ0) is 20.4. The van der Waals surface area contributed by atoms with Crippen LogP contribution in [0.15, 0.2) is 48.5 Å². The summed E-state index contributed by atoms with van der Waals surface area (Å²) in [6, 6.07) is 14.5. The van der Waals surface area contributed by atoms with Gasteiger partial charge in [-0.3, -0.25) is 4.79 Å². The Labute approximate surface area is 169 Å². The van der Waals surface area contributed by atoms with Crippen molar-refractivity contribution >= 4 is 5.91 Å². The largest absolute Gasteiger partial charge is 0.467 e. The molecule has 0 fully saturated rings. The summed E-state index contributed by atoms with van der Waals surface area (Å²) in [6.45, 7) is 4.98. The van der Waals surface area contributed by atoms with Gasteiger partial charge in [-0.25, -0.2) is 4.39 Å². The molecule has 0 saturated heterocycles. The van der Waals surface area contributed by atoms with E-state index >= 15 is 0 Å². The number of aryl methyl sites for hydroxylation is 2. The molecule has 0 saturated carbocycles. The zero-order valence-corrected chi connectivity index (χ0v) is 16.5. The quantitative estimate of drug-likeness (QED) is 0.710. The average Bonchev–Trinajstić information content (AvgIpc) is 3.06. The van der Waals surface area contributed by atoms with Crippen LogP contribution in [0.5, 0.6) is 5.75 Å². The lowest BCUT2D eigenvalue weighted by molar-refractivity contribution is -0.0172. The lowest BCUT2D eigenvalue weighted by Gasteiger charge is -2.21. The van der Waals surface area contributed by atoms with Crippen molar-refractivity contribution in [3.63, 3.8) is 0 Å². The minimum absolute atomic E-state index is 0.157. The van der Waals surface area contributed by atoms with E-state index in [9.17, 15) is 9.18 Å². The summed E-state index contributed by atoms with van der Waals surface area (Å²) in [5.74, 6) is 0.172. The molecule has 2 heterocycles. The van der Waals surface area contributed by atoms with Gasteiger partial charge >= 0.3 is 0 Å². The Bertz CT molecular complexity index is 1020. The number of carbonyl (C=O) groups excluding carboxylic acids is 1. The summed E-state index contributed by atoms with van der Waals surface area (Å²) < 4.78 is 26.7. The molecule has 29 heavy (non-hydrogen) atoms. The van der Waals surface area contributed by atoms with Crippen molar-refractivity contribution < 1.29 is 18.7 Å². The third-order valence-corrected chi connectivity index (χ3v) is 5.09. The molecule has 1 aromatic heterocycles. The van der Waals surface area contributed by atoms with Crippen LogP contribution in [0.25, 0.3) is 5.69 Å². The van der Waals surface area contributed by atoms with E-state index in [-0.39, 0.29) is 18.5 Å². The summed E-state index contributed by atoms with van der Waals surface area (Å²) >= 11 is 0. The minimum Gasteiger partial charge on any atom is -0.467 e. The van der Waals surface area contributed by atoms with Crippen molar-refractivity contribution in [2.45, 2.75) is 26.9 Å². The number of benzene rings is 2. The van der Waals surface area contributed by atoms with E-state index < -0.39 is 0 Å². The third kappa shape index (κ3) is 4.03. The van der Waals surface area contributed by atoms with Gasteiger partial charge in [0.15, 0.2) is 6.79 Å². The van der Waals surface area contributed by atoms with Crippen molar-refractivity contribution in [1.82, 2.24) is 9.88 Å². The maximum Gasteiger partial charge on any atom is 0.251 e. The fourth-order valence-corrected chi connectivity index (χ4v) is 3.69. The average molecular weight is 394 g/mol. The van der Waals surface area contributed by atoms with E-state index in [1.54, 1.807) is 0 Å². The van der Waals surface area contributed by atoms with E-state index in [0.29, 0.717) is 36.4 Å². The van der Waals surface area contributed by atoms with Gasteiger partial charge in [-0.05, 0) is 74.4 Å². The van der Waals surface area contributed by atoms with Crippen molar-refractivity contribution in [2.75, 3.05) is 13.3 Å². The molecule has 2 aromatic carbocycles. The molecule has 1 N–H and O–H groups in total. The number of fused-ring (bicyclic) bond motifs is 1. The first kappa shape index (κ1) is 19.2. The molecule has 0 atom stereocenters. The molecule has 0 aliphatic carbocycles. The van der Waals surface area contributed by atoms with Crippen LogP contribution >= 0.6 is 0 Å². The van der Waals surface area contributed by atoms with Gasteiger partial charge in [-0.1, -0.05) is 0 Å². The lowest BCUT2D eigenvalue weighted by Crippen LogP contribution is -2.26. The van der Waals surface area contributed by atoms with Crippen LogP contribution in [0.2, 0.25) is 0 Å². The fraction of sp³-hybridized carbons (Fsp3) is 0.261. The molecule has 1 aliphatic heterocycles. The van der Waals surface area contributed by atoms with Gasteiger partial charge in [0.25, 0.3) is 5.91 Å². The Morgan fingerprint density at radius 3 is 2.55 bits per heavy atom. The number of aromatic nitrogens is 1. The monoisotopic (exact) mass is 394 g/mol. The van der Waals surface area contributed by atoms with Crippen molar-refractivity contribution in [3.05, 3.63) is 82.4 Å². The molecule has 150 valence electrons. The highest BCUT2D eigenvalue weighted by atomic mass is 19.1. The van der Waals surface area contributed by atoms with Gasteiger partial charge in [0, 0.05) is 34.7 Å². The molecule has 6 heteroatoms. The Balaban J connectivity index is 1.40. The van der Waals surface area contributed by atoms with Crippen LogP contribution in [0.3, 0.4) is 0 Å². The lowest BCUT2D eigenvalue weighted by atomic mass is 10.1. The first-order valence-electron chi connectivity index (χ1n) is 9.58. The number of rotatable bonds is 5. The number of carbonyl (C=O) groups is 1. The summed E-state index contributed by atoms with van der Waals surface area (Å²) in [6.07, 6.45) is 0.478. The molecule has 0 radical (unpaired) electrons. The summed E-state index contributed by atoms with van der Waals surface area (Å²) in [5, 5.41) is 2.90. The number of nitrogens with one attached hydrogen (secondary N) is 1. The van der Waals surface area contributed by atoms with E-state index in [1.807, 2.05) is 24.3 Å². The fourth-order valence-electron chi connectivity index (χ4n) is 3.69. The zero-order valence-electron chi connectivity index (χ0n) is 16.5. The predicted octanol–water partition coefficient (Wildman–Crippen LogP) is 4.07. The van der Waals surface area contributed by atoms with E-state index in [0.717, 1.165) is 22.6 Å². The molecular weight excluding hydrogens is 371 g/mol. The molecule has 4 rings (SSSR count). The van der Waals surface area contributed by atoms with Crippen LogP contribution in [-0.2, 0) is 17.8 Å². The second-order valence-electron chi connectivity index (χ2n) is 7.17. The Kier molecular flexibility index (Phi) is 5.36. The minimum atomic E-state index is -0.328. The number of hydrogen-bond acceptors (Lipinski definition) is 3. The van der Waals surface area contributed by atoms with E-state index in [2.05, 4.69) is 35.9 Å². The Hall–Kier alpha value is -3.12. The highest BCUT2D eigenvalue weighted by Gasteiger charge is 2.17. The molecule has 0 spiro atoms. The van der Waals surface area contributed by atoms with Gasteiger partial charge < -0.3 is 19.4 Å². The van der Waals surface area contributed by atoms with Gasteiger partial charge in [0.2, 0.25) is 0 Å². The standard InChI is InChI=1S/C23H23FN2O3/c1-15-3-4-16(2)26(15)21-7-5-17(6-8-21)23(27)25-10-9-18-11-20(24)12-19-13-28-14-29-22(18)19/h3-8,11-12H,9-10,13-14H2,1-2H3,(H,25,27). The SMILES string of the molecule is Cc1ccc(C)n1-c1ccc(C(=O)NCCc2cc(F)cc3c2OCOC3)cc1. The molecular formula is C23H23FN2O3. The molecule has 0 unspecified atom stereocenters. The van der Waals surface area contributed by atoms with Crippen LogP contribution in [0.4, 0.5) is 4.39 Å². The second kappa shape index (κ2) is 8.09. The number of ether oxygens (including phenoxy) is 2. The van der Waals surface area contributed by atoms with Crippen LogP contribution < -0.4 is 10.1 Å². The molecule has 0 bridgehead atoms. The second-order valence-corrected chi connectivity index (χ2v) is 7.17. The first-order valence-corrected chi connectivity index (χ1v) is 9.58. The summed E-state index contributed by atoms with van der Waals surface area (Å²) in [5.41, 5.74) is 5.33. The summed E-state index contributed by atoms with van der Waals surface area (Å²) in [4.78, 5) is 12.5. The van der Waals surface area contributed by atoms with Crippen molar-refractivity contribution in [2.24, 2.45) is 0 Å². The normalized spacial score (nSPS) is 12.9. The number of amides is 1. The van der Waals surface area contributed by atoms with Crippen LogP contribution in [0.1, 0.15) is 32.9 Å². The van der Waals surface area contributed by atoms with Gasteiger partial charge in [0.1, 0.15) is 11.6 Å². The van der Waals surface area contributed by atoms with E-state index in [4.69, 9.17) is 9.47 Å². The number of halogens is 1.